The quantitative estimate of drug-likeness (QED) is 0.276. The number of hydrogen-bond donors (Lipinski definition) is 0. The zero-order valence-corrected chi connectivity index (χ0v) is 10.2. The lowest BCUT2D eigenvalue weighted by molar-refractivity contribution is -0.140. The third-order valence-corrected chi connectivity index (χ3v) is 2.50. The summed E-state index contributed by atoms with van der Waals surface area (Å²) in [5.74, 6) is -13.0. The normalized spacial score (nSPS) is 10.5. The highest BCUT2D eigenvalue weighted by Crippen LogP contribution is 2.24. The van der Waals surface area contributed by atoms with Gasteiger partial charge in [-0.2, -0.15) is 0 Å². The molecule has 1 rings (SSSR count). The molecule has 0 aliphatic heterocycles. The van der Waals surface area contributed by atoms with Gasteiger partial charge in [-0.3, -0.25) is 9.59 Å². The number of hydrogen-bond acceptors (Lipinski definition) is 3. The van der Waals surface area contributed by atoms with Crippen molar-refractivity contribution in [2.45, 2.75) is 19.3 Å². The fraction of sp³-hybridized carbons (Fsp3) is 0.333. The van der Waals surface area contributed by atoms with Gasteiger partial charge in [0.05, 0.1) is 12.7 Å². The molecule has 110 valence electrons. The Balaban J connectivity index is 2.97. The Labute approximate surface area is 110 Å². The van der Waals surface area contributed by atoms with E-state index in [2.05, 4.69) is 4.74 Å². The van der Waals surface area contributed by atoms with Crippen LogP contribution in [0.4, 0.5) is 22.0 Å². The molecule has 0 amide bonds. The van der Waals surface area contributed by atoms with Crippen LogP contribution < -0.4 is 0 Å². The summed E-state index contributed by atoms with van der Waals surface area (Å²) in [7, 11) is 1.11. The molecular formula is C12H9F5O3. The average Bonchev–Trinajstić information content (AvgIpc) is 2.43. The molecule has 3 nitrogen and oxygen atoms in total. The zero-order chi connectivity index (χ0) is 15.4. The first-order valence-corrected chi connectivity index (χ1v) is 5.42. The van der Waals surface area contributed by atoms with Gasteiger partial charge in [0.15, 0.2) is 29.1 Å². The Morgan fingerprint density at radius 2 is 1.30 bits per heavy atom. The van der Waals surface area contributed by atoms with E-state index in [9.17, 15) is 31.5 Å². The number of esters is 1. The highest BCUT2D eigenvalue weighted by molar-refractivity contribution is 5.96. The van der Waals surface area contributed by atoms with Crippen molar-refractivity contribution in [1.29, 1.82) is 0 Å². The SMILES string of the molecule is COC(=O)CCCC(=O)c1c(F)c(F)c(F)c(F)c1F. The molecule has 0 saturated heterocycles. The Kier molecular flexibility index (Phi) is 5.18. The first-order valence-electron chi connectivity index (χ1n) is 5.42. The number of rotatable bonds is 5. The van der Waals surface area contributed by atoms with Crippen LogP contribution in [0.15, 0.2) is 0 Å². The Morgan fingerprint density at radius 1 is 0.850 bits per heavy atom. The number of ketones is 1. The van der Waals surface area contributed by atoms with Gasteiger partial charge in [-0.05, 0) is 6.42 Å². The van der Waals surface area contributed by atoms with Gasteiger partial charge in [-0.1, -0.05) is 0 Å². The van der Waals surface area contributed by atoms with Gasteiger partial charge in [-0.15, -0.1) is 0 Å². The fourth-order valence-corrected chi connectivity index (χ4v) is 1.47. The maximum absolute atomic E-state index is 13.3. The molecule has 8 heteroatoms. The van der Waals surface area contributed by atoms with E-state index in [1.165, 1.54) is 0 Å². The van der Waals surface area contributed by atoms with Crippen molar-refractivity contribution in [2.75, 3.05) is 7.11 Å². The number of benzene rings is 1. The number of carbonyl (C=O) groups is 2. The molecule has 20 heavy (non-hydrogen) atoms. The second-order valence-corrected chi connectivity index (χ2v) is 3.80. The van der Waals surface area contributed by atoms with Crippen molar-refractivity contribution < 1.29 is 36.3 Å². The minimum atomic E-state index is -2.33. The third kappa shape index (κ3) is 3.12. The molecule has 0 atom stereocenters. The molecule has 0 heterocycles. The molecule has 0 radical (unpaired) electrons. The van der Waals surface area contributed by atoms with E-state index in [1.54, 1.807) is 0 Å². The van der Waals surface area contributed by atoms with E-state index in [0.717, 1.165) is 7.11 Å². The number of methoxy groups -OCH3 is 1. The van der Waals surface area contributed by atoms with Crippen LogP contribution in [-0.4, -0.2) is 18.9 Å². The van der Waals surface area contributed by atoms with Gasteiger partial charge in [0.1, 0.15) is 0 Å². The zero-order valence-electron chi connectivity index (χ0n) is 10.2. The summed E-state index contributed by atoms with van der Waals surface area (Å²) in [6.45, 7) is 0. The van der Waals surface area contributed by atoms with Gasteiger partial charge >= 0.3 is 5.97 Å². The molecule has 0 saturated carbocycles. The molecule has 0 aliphatic rings. The lowest BCUT2D eigenvalue weighted by atomic mass is 10.0. The third-order valence-electron chi connectivity index (χ3n) is 2.50. The maximum atomic E-state index is 13.3. The molecule has 0 aliphatic carbocycles. The van der Waals surface area contributed by atoms with Crippen LogP contribution in [0.25, 0.3) is 0 Å². The maximum Gasteiger partial charge on any atom is 0.305 e. The largest absolute Gasteiger partial charge is 0.469 e. The topological polar surface area (TPSA) is 43.4 Å². The van der Waals surface area contributed by atoms with Crippen molar-refractivity contribution in [3.05, 3.63) is 34.6 Å². The molecule has 0 N–H and O–H groups in total. The molecule has 0 spiro atoms. The minimum absolute atomic E-state index is 0.134. The van der Waals surface area contributed by atoms with E-state index in [-0.39, 0.29) is 12.8 Å². The fourth-order valence-electron chi connectivity index (χ4n) is 1.47. The van der Waals surface area contributed by atoms with Crippen molar-refractivity contribution in [2.24, 2.45) is 0 Å². The summed E-state index contributed by atoms with van der Waals surface area (Å²) in [4.78, 5) is 22.2. The lowest BCUT2D eigenvalue weighted by Gasteiger charge is -2.07. The summed E-state index contributed by atoms with van der Waals surface area (Å²) < 4.78 is 69.3. The minimum Gasteiger partial charge on any atom is -0.469 e. The second kappa shape index (κ2) is 6.44. The van der Waals surface area contributed by atoms with Gasteiger partial charge in [-0.25, -0.2) is 22.0 Å². The summed E-state index contributed by atoms with van der Waals surface area (Å²) in [5.41, 5.74) is -1.49. The summed E-state index contributed by atoms with van der Waals surface area (Å²) in [6.07, 6.45) is -0.893. The number of carbonyl (C=O) groups excluding carboxylic acids is 2. The van der Waals surface area contributed by atoms with Crippen LogP contribution >= 0.6 is 0 Å². The van der Waals surface area contributed by atoms with Crippen LogP contribution in [0.2, 0.25) is 0 Å². The monoisotopic (exact) mass is 296 g/mol. The molecule has 0 unspecified atom stereocenters. The molecular weight excluding hydrogens is 287 g/mol. The average molecular weight is 296 g/mol. The molecule has 0 aromatic heterocycles. The van der Waals surface area contributed by atoms with Gasteiger partial charge in [0.2, 0.25) is 5.82 Å². The van der Waals surface area contributed by atoms with Crippen LogP contribution in [0.1, 0.15) is 29.6 Å². The van der Waals surface area contributed by atoms with Gasteiger partial charge < -0.3 is 4.74 Å². The molecule has 1 aromatic carbocycles. The van der Waals surface area contributed by atoms with Gasteiger partial charge in [0, 0.05) is 12.8 Å². The van der Waals surface area contributed by atoms with Crippen LogP contribution in [0.3, 0.4) is 0 Å². The number of halogens is 5. The van der Waals surface area contributed by atoms with E-state index < -0.39 is 52.8 Å². The van der Waals surface area contributed by atoms with E-state index in [1.807, 2.05) is 0 Å². The van der Waals surface area contributed by atoms with E-state index in [4.69, 9.17) is 0 Å². The van der Waals surface area contributed by atoms with Crippen molar-refractivity contribution in [3.63, 3.8) is 0 Å². The Bertz CT molecular complexity index is 528. The van der Waals surface area contributed by atoms with Crippen molar-refractivity contribution in [3.8, 4) is 0 Å². The van der Waals surface area contributed by atoms with Crippen LogP contribution in [-0.2, 0) is 9.53 Å². The smallest absolute Gasteiger partial charge is 0.305 e. The summed E-state index contributed by atoms with van der Waals surface area (Å²) in [6, 6.07) is 0. The van der Waals surface area contributed by atoms with E-state index >= 15 is 0 Å². The highest BCUT2D eigenvalue weighted by Gasteiger charge is 2.29. The second-order valence-electron chi connectivity index (χ2n) is 3.80. The lowest BCUT2D eigenvalue weighted by Crippen LogP contribution is -2.13. The first-order chi connectivity index (χ1) is 9.31. The number of Topliss-reactive ketones (excluding diaryl/α,β-unsaturated/α-hetero) is 1. The Morgan fingerprint density at radius 3 is 1.75 bits per heavy atom. The number of ether oxygens (including phenoxy) is 1. The predicted molar refractivity (Wildman–Crippen MR) is 56.4 cm³/mol. The summed E-state index contributed by atoms with van der Waals surface area (Å²) in [5, 5.41) is 0. The highest BCUT2D eigenvalue weighted by atomic mass is 19.2. The van der Waals surface area contributed by atoms with E-state index in [0.29, 0.717) is 0 Å². The first kappa shape index (κ1) is 16.1. The molecule has 0 fully saturated rings. The molecule has 0 bridgehead atoms. The van der Waals surface area contributed by atoms with Crippen LogP contribution in [0.5, 0.6) is 0 Å². The van der Waals surface area contributed by atoms with Crippen molar-refractivity contribution >= 4 is 11.8 Å². The predicted octanol–water partition coefficient (Wildman–Crippen LogP) is 2.91. The molecule has 1 aromatic rings. The standard InChI is InChI=1S/C12H9F5O3/c1-20-6(19)4-2-3-5(18)7-8(13)10(15)12(17)11(16)9(7)14/h2-4H2,1H3. The van der Waals surface area contributed by atoms with Gasteiger partial charge in [0.25, 0.3) is 0 Å². The van der Waals surface area contributed by atoms with Crippen LogP contribution in [0, 0.1) is 29.1 Å². The Hall–Kier alpha value is -1.99. The van der Waals surface area contributed by atoms with Crippen molar-refractivity contribution in [1.82, 2.24) is 0 Å². The summed E-state index contributed by atoms with van der Waals surface area (Å²) >= 11 is 0.